The van der Waals surface area contributed by atoms with Gasteiger partial charge in [0.25, 0.3) is 0 Å². The van der Waals surface area contributed by atoms with Gasteiger partial charge in [-0.05, 0) is 37.3 Å². The van der Waals surface area contributed by atoms with Gasteiger partial charge in [0.05, 0.1) is 0 Å². The maximum Gasteiger partial charge on any atom is 0.366 e. The lowest BCUT2D eigenvalue weighted by Gasteiger charge is -2.37. The first-order chi connectivity index (χ1) is 13.2. The molecule has 1 atom stereocenters. The highest BCUT2D eigenvalue weighted by atomic mass is 16.7. The molecule has 1 fully saturated rings. The zero-order chi connectivity index (χ0) is 19.1. The molecule has 4 nitrogen and oxygen atoms in total. The monoisotopic (exact) mass is 367 g/mol. The highest BCUT2D eigenvalue weighted by molar-refractivity contribution is 5.85. The van der Waals surface area contributed by atoms with Crippen LogP contribution in [0.15, 0.2) is 60.7 Å². The van der Waals surface area contributed by atoms with Crippen molar-refractivity contribution in [1.29, 1.82) is 0 Å². The van der Waals surface area contributed by atoms with Gasteiger partial charge in [-0.25, -0.2) is 4.79 Å². The number of hydroxylamine groups is 2. The van der Waals surface area contributed by atoms with E-state index in [4.69, 9.17) is 9.57 Å². The van der Waals surface area contributed by atoms with Gasteiger partial charge in [-0.15, -0.1) is 5.06 Å². The second-order valence-electron chi connectivity index (χ2n) is 7.13. The van der Waals surface area contributed by atoms with Crippen LogP contribution in [0.2, 0.25) is 0 Å². The van der Waals surface area contributed by atoms with Gasteiger partial charge in [0.1, 0.15) is 0 Å². The summed E-state index contributed by atoms with van der Waals surface area (Å²) in [4.78, 5) is 19.5. The molecule has 0 aliphatic carbocycles. The molecule has 0 bridgehead atoms. The lowest BCUT2D eigenvalue weighted by molar-refractivity contribution is -0.226. The Hall–Kier alpha value is -2.17. The third-order valence-corrected chi connectivity index (χ3v) is 5.11. The van der Waals surface area contributed by atoms with Gasteiger partial charge in [0.15, 0.2) is 0 Å². The molecule has 0 N–H and O–H groups in total. The lowest BCUT2D eigenvalue weighted by atomic mass is 9.86. The number of rotatable bonds is 7. The number of carbonyl (C=O) groups excluding carboxylic acids is 1. The summed E-state index contributed by atoms with van der Waals surface area (Å²) in [6, 6.07) is 19.6. The molecule has 1 unspecified atom stereocenters. The number of hydrogen-bond donors (Lipinski definition) is 0. The van der Waals surface area contributed by atoms with Gasteiger partial charge >= 0.3 is 5.97 Å². The number of benzene rings is 2. The Kier molecular flexibility index (Phi) is 6.64. The van der Waals surface area contributed by atoms with Crippen LogP contribution in [0.4, 0.5) is 0 Å². The average Bonchev–Trinajstić information content (AvgIpc) is 2.72. The first-order valence-electron chi connectivity index (χ1n) is 9.92. The van der Waals surface area contributed by atoms with Crippen molar-refractivity contribution >= 4 is 5.97 Å². The molecule has 144 valence electrons. The molecular weight excluding hydrogens is 338 g/mol. The van der Waals surface area contributed by atoms with Crippen molar-refractivity contribution in [2.45, 2.75) is 51.2 Å². The van der Waals surface area contributed by atoms with Crippen LogP contribution < -0.4 is 0 Å². The van der Waals surface area contributed by atoms with Gasteiger partial charge in [-0.2, -0.15) is 0 Å². The Morgan fingerprint density at radius 3 is 2.15 bits per heavy atom. The van der Waals surface area contributed by atoms with Gasteiger partial charge in [-0.1, -0.05) is 74.0 Å². The molecule has 27 heavy (non-hydrogen) atoms. The first kappa shape index (κ1) is 19.6. The number of nitrogens with zero attached hydrogens (tertiary/aromatic N) is 1. The largest absolute Gasteiger partial charge is 0.366 e. The van der Waals surface area contributed by atoms with Crippen LogP contribution in [0.5, 0.6) is 0 Å². The quantitative estimate of drug-likeness (QED) is 0.712. The van der Waals surface area contributed by atoms with Crippen molar-refractivity contribution in [3.63, 3.8) is 0 Å². The first-order valence-corrected chi connectivity index (χ1v) is 9.92. The van der Waals surface area contributed by atoms with Crippen LogP contribution in [-0.4, -0.2) is 30.2 Å². The van der Waals surface area contributed by atoms with Crippen LogP contribution >= 0.6 is 0 Å². The molecule has 0 radical (unpaired) electrons. The zero-order valence-electron chi connectivity index (χ0n) is 16.3. The van der Waals surface area contributed by atoms with E-state index in [0.717, 1.165) is 36.9 Å². The number of carbonyl (C=O) groups is 1. The topological polar surface area (TPSA) is 38.8 Å². The minimum atomic E-state index is -1.27. The summed E-state index contributed by atoms with van der Waals surface area (Å²) in [6.07, 6.45) is 4.06. The van der Waals surface area contributed by atoms with Crippen LogP contribution in [0.3, 0.4) is 0 Å². The molecule has 4 heteroatoms. The normalized spacial score (nSPS) is 18.2. The summed E-state index contributed by atoms with van der Waals surface area (Å²) >= 11 is 0. The Labute approximate surface area is 162 Å². The van der Waals surface area contributed by atoms with Gasteiger partial charge < -0.3 is 9.57 Å². The molecule has 2 aromatic carbocycles. The molecule has 3 rings (SSSR count). The Balaban J connectivity index is 2.03. The van der Waals surface area contributed by atoms with Crippen LogP contribution in [0.1, 0.15) is 50.7 Å². The number of hydrogen-bond acceptors (Lipinski definition) is 4. The number of piperidine rings is 1. The van der Waals surface area contributed by atoms with E-state index < -0.39 is 5.60 Å². The highest BCUT2D eigenvalue weighted by Gasteiger charge is 2.46. The van der Waals surface area contributed by atoms with E-state index in [1.807, 2.05) is 72.7 Å². The van der Waals surface area contributed by atoms with Crippen molar-refractivity contribution < 1.29 is 14.4 Å². The smallest absolute Gasteiger partial charge is 0.365 e. The van der Waals surface area contributed by atoms with Crippen LogP contribution in [-0.2, 0) is 20.0 Å². The van der Waals surface area contributed by atoms with Crippen LogP contribution in [0.25, 0.3) is 0 Å². The summed E-state index contributed by atoms with van der Waals surface area (Å²) in [5, 5.41) is 1.82. The van der Waals surface area contributed by atoms with E-state index in [1.54, 1.807) is 0 Å². The minimum Gasteiger partial charge on any atom is -0.365 e. The molecule has 1 saturated heterocycles. The molecule has 1 aliphatic heterocycles. The molecular formula is C23H29NO3. The van der Waals surface area contributed by atoms with E-state index >= 15 is 0 Å². The fraction of sp³-hybridized carbons (Fsp3) is 0.435. The Morgan fingerprint density at radius 1 is 1.04 bits per heavy atom. The molecule has 0 spiro atoms. The summed E-state index contributed by atoms with van der Waals surface area (Å²) < 4.78 is 6.29. The second kappa shape index (κ2) is 9.16. The number of ether oxygens (including phenoxy) is 1. The molecule has 1 aliphatic rings. The van der Waals surface area contributed by atoms with Crippen molar-refractivity contribution in [1.82, 2.24) is 5.06 Å². The van der Waals surface area contributed by atoms with Gasteiger partial charge in [-0.3, -0.25) is 0 Å². The van der Waals surface area contributed by atoms with Gasteiger partial charge in [0, 0.05) is 19.2 Å². The predicted molar refractivity (Wildman–Crippen MR) is 106 cm³/mol. The SMILES string of the molecule is CCCOC(C(=O)ON1CCCCC1C)(c1ccccc1)c1ccccc1. The van der Waals surface area contributed by atoms with Crippen molar-refractivity contribution in [2.75, 3.05) is 13.2 Å². The van der Waals surface area contributed by atoms with Crippen molar-refractivity contribution in [3.05, 3.63) is 71.8 Å². The third kappa shape index (κ3) is 4.23. The van der Waals surface area contributed by atoms with E-state index in [1.165, 1.54) is 6.42 Å². The standard InChI is InChI=1S/C23H29NO3/c1-3-18-26-23(20-13-6-4-7-14-20,21-15-8-5-9-16-21)22(25)27-24-17-11-10-12-19(24)2/h4-9,13-16,19H,3,10-12,17-18H2,1-2H3. The molecule has 0 aromatic heterocycles. The van der Waals surface area contributed by atoms with E-state index in [-0.39, 0.29) is 12.0 Å². The maximum absolute atomic E-state index is 13.6. The molecule has 2 aromatic rings. The summed E-state index contributed by atoms with van der Waals surface area (Å²) in [5.41, 5.74) is 0.314. The van der Waals surface area contributed by atoms with E-state index in [9.17, 15) is 4.79 Å². The van der Waals surface area contributed by atoms with Gasteiger partial charge in [0.2, 0.25) is 5.60 Å². The fourth-order valence-electron chi connectivity index (χ4n) is 3.61. The van der Waals surface area contributed by atoms with E-state index in [0.29, 0.717) is 6.61 Å². The second-order valence-corrected chi connectivity index (χ2v) is 7.13. The maximum atomic E-state index is 13.6. The highest BCUT2D eigenvalue weighted by Crippen LogP contribution is 2.36. The predicted octanol–water partition coefficient (Wildman–Crippen LogP) is 4.69. The molecule has 1 heterocycles. The third-order valence-electron chi connectivity index (χ3n) is 5.11. The van der Waals surface area contributed by atoms with Crippen molar-refractivity contribution in [3.8, 4) is 0 Å². The van der Waals surface area contributed by atoms with E-state index in [2.05, 4.69) is 6.92 Å². The van der Waals surface area contributed by atoms with Crippen LogP contribution in [0, 0.1) is 0 Å². The summed E-state index contributed by atoms with van der Waals surface area (Å²) in [5.74, 6) is -0.373. The minimum absolute atomic E-state index is 0.220. The zero-order valence-corrected chi connectivity index (χ0v) is 16.3. The summed E-state index contributed by atoms with van der Waals surface area (Å²) in [6.45, 7) is 5.37. The van der Waals surface area contributed by atoms with Crippen molar-refractivity contribution in [2.24, 2.45) is 0 Å². The Bertz CT molecular complexity index is 677. The fourth-order valence-corrected chi connectivity index (χ4v) is 3.61. The summed E-state index contributed by atoms with van der Waals surface area (Å²) in [7, 11) is 0. The molecule has 0 saturated carbocycles. The molecule has 0 amide bonds. The Morgan fingerprint density at radius 2 is 1.63 bits per heavy atom. The lowest BCUT2D eigenvalue weighted by Crippen LogP contribution is -2.47. The average molecular weight is 367 g/mol.